The number of amides is 1. The summed E-state index contributed by atoms with van der Waals surface area (Å²) in [7, 11) is 0. The van der Waals surface area contributed by atoms with Gasteiger partial charge in [-0.15, -0.1) is 0 Å². The van der Waals surface area contributed by atoms with Crippen LogP contribution in [0.1, 0.15) is 24.5 Å². The van der Waals surface area contributed by atoms with Gasteiger partial charge in [0.2, 0.25) is 5.91 Å². The van der Waals surface area contributed by atoms with Crippen molar-refractivity contribution in [1.29, 1.82) is 0 Å². The topological polar surface area (TPSA) is 37.4 Å². The number of likely N-dealkylation sites (tertiary alicyclic amines) is 1. The third-order valence-corrected chi connectivity index (χ3v) is 3.80. The summed E-state index contributed by atoms with van der Waals surface area (Å²) >= 11 is 0. The molecule has 1 aromatic carbocycles. The first kappa shape index (κ1) is 11.2. The Labute approximate surface area is 106 Å². The van der Waals surface area contributed by atoms with Gasteiger partial charge in [0.05, 0.1) is 5.92 Å². The van der Waals surface area contributed by atoms with Gasteiger partial charge in [0.15, 0.2) is 0 Å². The molecule has 1 fully saturated rings. The summed E-state index contributed by atoms with van der Waals surface area (Å²) in [5.41, 5.74) is 3.21. The fourth-order valence-electron chi connectivity index (χ4n) is 2.85. The molecule has 1 aliphatic heterocycles. The van der Waals surface area contributed by atoms with E-state index in [9.17, 15) is 9.59 Å². The number of hydrogen-bond donors (Lipinski definition) is 0. The molecular formula is C15H15NO2. The quantitative estimate of drug-likeness (QED) is 0.697. The maximum atomic E-state index is 12.0. The molecule has 2 aliphatic rings. The molecule has 0 spiro atoms. The number of ketones is 1. The Bertz CT molecular complexity index is 559. The Morgan fingerprint density at radius 3 is 2.89 bits per heavy atom. The lowest BCUT2D eigenvalue weighted by Crippen LogP contribution is -2.43. The molecule has 1 amide bonds. The largest absolute Gasteiger partial charge is 0.315 e. The molecule has 3 heteroatoms. The van der Waals surface area contributed by atoms with Crippen molar-refractivity contribution in [2.75, 3.05) is 6.54 Å². The lowest BCUT2D eigenvalue weighted by atomic mass is 9.81. The van der Waals surface area contributed by atoms with Gasteiger partial charge in [-0.2, -0.15) is 0 Å². The van der Waals surface area contributed by atoms with Gasteiger partial charge in [0.25, 0.3) is 0 Å². The monoisotopic (exact) mass is 241 g/mol. The van der Waals surface area contributed by atoms with E-state index >= 15 is 0 Å². The van der Waals surface area contributed by atoms with Crippen LogP contribution in [0.2, 0.25) is 0 Å². The van der Waals surface area contributed by atoms with Gasteiger partial charge in [-0.05, 0) is 23.6 Å². The van der Waals surface area contributed by atoms with Crippen molar-refractivity contribution in [1.82, 2.24) is 4.90 Å². The predicted molar refractivity (Wildman–Crippen MR) is 68.6 cm³/mol. The molecular weight excluding hydrogens is 226 g/mol. The molecule has 3 rings (SSSR count). The Morgan fingerprint density at radius 1 is 1.33 bits per heavy atom. The van der Waals surface area contributed by atoms with E-state index in [2.05, 4.69) is 6.07 Å². The number of benzene rings is 1. The van der Waals surface area contributed by atoms with Crippen LogP contribution < -0.4 is 0 Å². The van der Waals surface area contributed by atoms with Crippen LogP contribution in [-0.4, -0.2) is 23.1 Å². The summed E-state index contributed by atoms with van der Waals surface area (Å²) in [5.74, 6) is 0.156. The van der Waals surface area contributed by atoms with Gasteiger partial charge in [-0.1, -0.05) is 24.3 Å². The molecule has 18 heavy (non-hydrogen) atoms. The number of allylic oxidation sites excluding steroid dienone is 1. The zero-order valence-corrected chi connectivity index (χ0v) is 10.3. The number of rotatable bonds is 0. The standard InChI is InChI=1S/C15H15NO2/c1-10(17)16-7-6-15(18)13-8-11-4-2-3-5-12(11)9-14(13)16/h2-5,9,13H,6-8H2,1H3. The molecule has 0 N–H and O–H groups in total. The van der Waals surface area contributed by atoms with E-state index in [-0.39, 0.29) is 17.6 Å². The molecule has 1 unspecified atom stereocenters. The molecule has 0 radical (unpaired) electrons. The summed E-state index contributed by atoms with van der Waals surface area (Å²) in [6, 6.07) is 8.07. The lowest BCUT2D eigenvalue weighted by molar-refractivity contribution is -0.132. The molecule has 0 saturated carbocycles. The molecule has 1 heterocycles. The van der Waals surface area contributed by atoms with Crippen molar-refractivity contribution in [2.24, 2.45) is 5.92 Å². The minimum Gasteiger partial charge on any atom is -0.315 e. The minimum atomic E-state index is -0.127. The fraction of sp³-hybridized carbons (Fsp3) is 0.333. The van der Waals surface area contributed by atoms with Gasteiger partial charge in [-0.25, -0.2) is 0 Å². The van der Waals surface area contributed by atoms with E-state index in [4.69, 9.17) is 0 Å². The molecule has 1 aromatic rings. The molecule has 1 aliphatic carbocycles. The fourth-order valence-corrected chi connectivity index (χ4v) is 2.85. The first-order valence-corrected chi connectivity index (χ1v) is 6.27. The van der Waals surface area contributed by atoms with E-state index in [1.807, 2.05) is 24.3 Å². The Hall–Kier alpha value is -1.90. The van der Waals surface area contributed by atoms with Crippen molar-refractivity contribution < 1.29 is 9.59 Å². The zero-order valence-electron chi connectivity index (χ0n) is 10.3. The van der Waals surface area contributed by atoms with Crippen LogP contribution in [-0.2, 0) is 16.0 Å². The van der Waals surface area contributed by atoms with Crippen LogP contribution in [0.15, 0.2) is 30.0 Å². The molecule has 1 atom stereocenters. The number of piperidine rings is 1. The van der Waals surface area contributed by atoms with E-state index in [0.717, 1.165) is 17.7 Å². The van der Waals surface area contributed by atoms with Crippen LogP contribution in [0.3, 0.4) is 0 Å². The highest BCUT2D eigenvalue weighted by molar-refractivity contribution is 5.91. The second-order valence-corrected chi connectivity index (χ2v) is 4.91. The average molecular weight is 241 g/mol. The van der Waals surface area contributed by atoms with E-state index in [1.165, 1.54) is 5.56 Å². The van der Waals surface area contributed by atoms with Gasteiger partial charge >= 0.3 is 0 Å². The van der Waals surface area contributed by atoms with Crippen LogP contribution in [0.4, 0.5) is 0 Å². The lowest BCUT2D eigenvalue weighted by Gasteiger charge is -2.36. The van der Waals surface area contributed by atoms with Crippen molar-refractivity contribution in [2.45, 2.75) is 19.8 Å². The third-order valence-electron chi connectivity index (χ3n) is 3.80. The van der Waals surface area contributed by atoms with Gasteiger partial charge in [0.1, 0.15) is 5.78 Å². The smallest absolute Gasteiger partial charge is 0.223 e. The maximum Gasteiger partial charge on any atom is 0.223 e. The second-order valence-electron chi connectivity index (χ2n) is 4.91. The molecule has 0 bridgehead atoms. The number of carbonyl (C=O) groups is 2. The predicted octanol–water partition coefficient (Wildman–Crippen LogP) is 2.02. The van der Waals surface area contributed by atoms with Crippen molar-refractivity contribution >= 4 is 17.8 Å². The van der Waals surface area contributed by atoms with Gasteiger partial charge in [-0.3, -0.25) is 9.59 Å². The SMILES string of the molecule is CC(=O)N1CCC(=O)C2Cc3ccccc3C=C21. The highest BCUT2D eigenvalue weighted by atomic mass is 16.2. The Balaban J connectivity index is 2.09. The molecule has 1 saturated heterocycles. The second kappa shape index (κ2) is 4.09. The first-order valence-electron chi connectivity index (χ1n) is 6.27. The Morgan fingerprint density at radius 2 is 2.11 bits per heavy atom. The highest BCUT2D eigenvalue weighted by Crippen LogP contribution is 2.34. The average Bonchev–Trinajstić information content (AvgIpc) is 2.37. The zero-order chi connectivity index (χ0) is 12.7. The minimum absolute atomic E-state index is 0.0260. The van der Waals surface area contributed by atoms with Crippen molar-refractivity contribution in [3.05, 3.63) is 41.1 Å². The molecule has 0 aromatic heterocycles. The van der Waals surface area contributed by atoms with Crippen LogP contribution in [0.25, 0.3) is 6.08 Å². The van der Waals surface area contributed by atoms with E-state index in [0.29, 0.717) is 13.0 Å². The number of carbonyl (C=O) groups excluding carboxylic acids is 2. The van der Waals surface area contributed by atoms with E-state index < -0.39 is 0 Å². The highest BCUT2D eigenvalue weighted by Gasteiger charge is 2.35. The maximum absolute atomic E-state index is 12.0. The Kier molecular flexibility index (Phi) is 2.54. The molecule has 3 nitrogen and oxygen atoms in total. The summed E-state index contributed by atoms with van der Waals surface area (Å²) in [4.78, 5) is 25.4. The van der Waals surface area contributed by atoms with E-state index in [1.54, 1.807) is 11.8 Å². The summed E-state index contributed by atoms with van der Waals surface area (Å²) in [6.07, 6.45) is 3.20. The van der Waals surface area contributed by atoms with Crippen LogP contribution in [0, 0.1) is 5.92 Å². The summed E-state index contributed by atoms with van der Waals surface area (Å²) < 4.78 is 0. The third kappa shape index (κ3) is 1.67. The summed E-state index contributed by atoms with van der Waals surface area (Å²) in [6.45, 7) is 2.09. The van der Waals surface area contributed by atoms with Crippen molar-refractivity contribution in [3.63, 3.8) is 0 Å². The van der Waals surface area contributed by atoms with Crippen LogP contribution >= 0.6 is 0 Å². The van der Waals surface area contributed by atoms with Crippen LogP contribution in [0.5, 0.6) is 0 Å². The molecule has 92 valence electrons. The normalized spacial score (nSPS) is 22.1. The number of hydrogen-bond acceptors (Lipinski definition) is 2. The van der Waals surface area contributed by atoms with Gasteiger partial charge < -0.3 is 4.90 Å². The number of nitrogens with zero attached hydrogens (tertiary/aromatic N) is 1. The van der Waals surface area contributed by atoms with Gasteiger partial charge in [0, 0.05) is 25.6 Å². The van der Waals surface area contributed by atoms with Crippen molar-refractivity contribution in [3.8, 4) is 0 Å². The number of fused-ring (bicyclic) bond motifs is 2. The first-order chi connectivity index (χ1) is 8.66. The number of Topliss-reactive ketones (excluding diaryl/α,β-unsaturated/α-hetero) is 1. The summed E-state index contributed by atoms with van der Waals surface area (Å²) in [5, 5.41) is 0.